The number of hydrogen-bond donors (Lipinski definition) is 0. The van der Waals surface area contributed by atoms with E-state index in [1.807, 2.05) is 0 Å². The van der Waals surface area contributed by atoms with Crippen LogP contribution in [0.2, 0.25) is 0 Å². The molecule has 7 heteroatoms. The van der Waals surface area contributed by atoms with Crippen molar-refractivity contribution in [2.45, 2.75) is 25.3 Å². The molecule has 0 saturated carbocycles. The van der Waals surface area contributed by atoms with Crippen molar-refractivity contribution in [3.8, 4) is 0 Å². The molecular weight excluding hydrogens is 250 g/mol. The van der Waals surface area contributed by atoms with Crippen LogP contribution >= 0.6 is 10.7 Å². The molecule has 1 heterocycles. The first-order chi connectivity index (χ1) is 7.47. The molecule has 0 unspecified atom stereocenters. The van der Waals surface area contributed by atoms with Crippen molar-refractivity contribution in [3.05, 3.63) is 12.4 Å². The zero-order valence-electron chi connectivity index (χ0n) is 9.43. The first kappa shape index (κ1) is 13.5. The smallest absolute Gasteiger partial charge is 0.264 e. The van der Waals surface area contributed by atoms with Gasteiger partial charge in [0.2, 0.25) is 0 Å². The molecule has 0 radical (unpaired) electrons. The van der Waals surface area contributed by atoms with Crippen molar-refractivity contribution in [3.63, 3.8) is 0 Å². The molecule has 0 N–H and O–H groups in total. The van der Waals surface area contributed by atoms with Crippen molar-refractivity contribution in [1.82, 2.24) is 14.7 Å². The fraction of sp³-hybridized carbons (Fsp3) is 0.667. The van der Waals surface area contributed by atoms with Gasteiger partial charge in [0.1, 0.15) is 4.90 Å². The fourth-order valence-corrected chi connectivity index (χ4v) is 2.04. The molecule has 0 aromatic carbocycles. The maximum absolute atomic E-state index is 11.0. The summed E-state index contributed by atoms with van der Waals surface area (Å²) in [6.45, 7) is 7.61. The van der Waals surface area contributed by atoms with Gasteiger partial charge in [-0.25, -0.2) is 8.42 Å². The summed E-state index contributed by atoms with van der Waals surface area (Å²) >= 11 is 0. The predicted molar refractivity (Wildman–Crippen MR) is 63.1 cm³/mol. The van der Waals surface area contributed by atoms with Crippen LogP contribution in [0.25, 0.3) is 0 Å². The third kappa shape index (κ3) is 3.77. The molecule has 0 fully saturated rings. The summed E-state index contributed by atoms with van der Waals surface area (Å²) in [5.41, 5.74) is 0. The van der Waals surface area contributed by atoms with E-state index in [9.17, 15) is 8.42 Å². The van der Waals surface area contributed by atoms with Crippen molar-refractivity contribution < 1.29 is 8.42 Å². The van der Waals surface area contributed by atoms with E-state index in [0.29, 0.717) is 6.54 Å². The standard InChI is InChI=1S/C9H16ClN3O2S/c1-3-12(4-2)5-6-13-8-9(7-11-13)16(10,14)15/h7-8H,3-6H2,1-2H3. The lowest BCUT2D eigenvalue weighted by Gasteiger charge is -2.17. The van der Waals surface area contributed by atoms with E-state index in [1.54, 1.807) is 4.68 Å². The molecule has 0 atom stereocenters. The van der Waals surface area contributed by atoms with Gasteiger partial charge in [-0.05, 0) is 13.1 Å². The highest BCUT2D eigenvalue weighted by Crippen LogP contribution is 2.12. The average molecular weight is 266 g/mol. The minimum absolute atomic E-state index is 0.0497. The number of nitrogens with zero attached hydrogens (tertiary/aromatic N) is 3. The zero-order valence-corrected chi connectivity index (χ0v) is 11.0. The lowest BCUT2D eigenvalue weighted by molar-refractivity contribution is 0.285. The number of halogens is 1. The van der Waals surface area contributed by atoms with Crippen LogP contribution < -0.4 is 0 Å². The Kier molecular flexibility index (Phi) is 4.76. The van der Waals surface area contributed by atoms with Gasteiger partial charge in [-0.1, -0.05) is 13.8 Å². The maximum atomic E-state index is 11.0. The molecule has 0 spiro atoms. The Balaban J connectivity index is 2.60. The Bertz CT molecular complexity index is 426. The third-order valence-electron chi connectivity index (χ3n) is 2.43. The second-order valence-electron chi connectivity index (χ2n) is 3.40. The van der Waals surface area contributed by atoms with Gasteiger partial charge in [-0.3, -0.25) is 4.68 Å². The van der Waals surface area contributed by atoms with Crippen molar-refractivity contribution in [2.75, 3.05) is 19.6 Å². The average Bonchev–Trinajstić information content (AvgIpc) is 2.67. The van der Waals surface area contributed by atoms with Crippen LogP contribution in [-0.4, -0.2) is 42.7 Å². The van der Waals surface area contributed by atoms with Crippen LogP contribution in [0.4, 0.5) is 0 Å². The van der Waals surface area contributed by atoms with E-state index in [-0.39, 0.29) is 4.90 Å². The van der Waals surface area contributed by atoms with Crippen LogP contribution in [0, 0.1) is 0 Å². The molecule has 0 aliphatic heterocycles. The lowest BCUT2D eigenvalue weighted by Crippen LogP contribution is -2.27. The Morgan fingerprint density at radius 1 is 1.44 bits per heavy atom. The van der Waals surface area contributed by atoms with Crippen molar-refractivity contribution in [2.24, 2.45) is 0 Å². The summed E-state index contributed by atoms with van der Waals surface area (Å²) < 4.78 is 23.6. The molecule has 0 bridgehead atoms. The monoisotopic (exact) mass is 265 g/mol. The molecule has 0 saturated heterocycles. The summed E-state index contributed by atoms with van der Waals surface area (Å²) in [7, 11) is 1.54. The van der Waals surface area contributed by atoms with Gasteiger partial charge >= 0.3 is 0 Å². The molecule has 0 amide bonds. The van der Waals surface area contributed by atoms with E-state index >= 15 is 0 Å². The number of hydrogen-bond acceptors (Lipinski definition) is 4. The summed E-state index contributed by atoms with van der Waals surface area (Å²) in [5, 5.41) is 3.95. The summed E-state index contributed by atoms with van der Waals surface area (Å²) in [4.78, 5) is 2.28. The minimum atomic E-state index is -3.66. The van der Waals surface area contributed by atoms with E-state index < -0.39 is 9.05 Å². The van der Waals surface area contributed by atoms with E-state index in [1.165, 1.54) is 12.4 Å². The molecule has 0 aliphatic rings. The SMILES string of the molecule is CCN(CC)CCn1cc(S(=O)(=O)Cl)cn1. The summed E-state index contributed by atoms with van der Waals surface area (Å²) in [5.74, 6) is 0. The Hall–Kier alpha value is -0.590. The number of likely N-dealkylation sites (N-methyl/N-ethyl adjacent to an activating group) is 1. The van der Waals surface area contributed by atoms with Crippen LogP contribution in [0.15, 0.2) is 17.3 Å². The summed E-state index contributed by atoms with van der Waals surface area (Å²) in [6.07, 6.45) is 2.72. The largest absolute Gasteiger partial charge is 0.302 e. The lowest BCUT2D eigenvalue weighted by atomic mass is 10.5. The highest BCUT2D eigenvalue weighted by atomic mass is 35.7. The van der Waals surface area contributed by atoms with E-state index in [0.717, 1.165) is 19.6 Å². The molecule has 92 valence electrons. The van der Waals surface area contributed by atoms with E-state index in [4.69, 9.17) is 10.7 Å². The molecule has 1 aromatic heterocycles. The Morgan fingerprint density at radius 2 is 2.06 bits per heavy atom. The topological polar surface area (TPSA) is 55.2 Å². The minimum Gasteiger partial charge on any atom is -0.302 e. The fourth-order valence-electron chi connectivity index (χ4n) is 1.38. The van der Waals surface area contributed by atoms with E-state index in [2.05, 4.69) is 23.8 Å². The Labute approximate surface area is 100 Å². The highest BCUT2D eigenvalue weighted by molar-refractivity contribution is 8.13. The molecule has 5 nitrogen and oxygen atoms in total. The van der Waals surface area contributed by atoms with Gasteiger partial charge in [0.25, 0.3) is 9.05 Å². The zero-order chi connectivity index (χ0) is 12.2. The number of aromatic nitrogens is 2. The van der Waals surface area contributed by atoms with Gasteiger partial charge in [-0.15, -0.1) is 0 Å². The van der Waals surface area contributed by atoms with Gasteiger partial charge in [0.05, 0.1) is 12.7 Å². The van der Waals surface area contributed by atoms with Crippen LogP contribution in [0.1, 0.15) is 13.8 Å². The number of rotatable bonds is 6. The molecule has 16 heavy (non-hydrogen) atoms. The molecule has 0 aliphatic carbocycles. The first-order valence-corrected chi connectivity index (χ1v) is 7.47. The van der Waals surface area contributed by atoms with Crippen molar-refractivity contribution >= 4 is 19.7 Å². The molecular formula is C9H16ClN3O2S. The summed E-state index contributed by atoms with van der Waals surface area (Å²) in [6, 6.07) is 0. The Morgan fingerprint density at radius 3 is 2.50 bits per heavy atom. The second-order valence-corrected chi connectivity index (χ2v) is 5.97. The van der Waals surface area contributed by atoms with Gasteiger partial charge in [0, 0.05) is 23.4 Å². The first-order valence-electron chi connectivity index (χ1n) is 5.16. The predicted octanol–water partition coefficient (Wildman–Crippen LogP) is 1.15. The second kappa shape index (κ2) is 5.65. The van der Waals surface area contributed by atoms with Crippen LogP contribution in [-0.2, 0) is 15.6 Å². The van der Waals surface area contributed by atoms with Crippen molar-refractivity contribution in [1.29, 1.82) is 0 Å². The quantitative estimate of drug-likeness (QED) is 0.724. The maximum Gasteiger partial charge on any atom is 0.264 e. The molecule has 1 aromatic rings. The molecule has 1 rings (SSSR count). The van der Waals surface area contributed by atoms with Gasteiger partial charge in [0.15, 0.2) is 0 Å². The highest BCUT2D eigenvalue weighted by Gasteiger charge is 2.12. The van der Waals surface area contributed by atoms with Crippen LogP contribution in [0.5, 0.6) is 0 Å². The van der Waals surface area contributed by atoms with Gasteiger partial charge in [-0.2, -0.15) is 5.10 Å². The third-order valence-corrected chi connectivity index (χ3v) is 3.74. The normalized spacial score (nSPS) is 12.2. The van der Waals surface area contributed by atoms with Gasteiger partial charge < -0.3 is 4.90 Å². The van der Waals surface area contributed by atoms with Crippen LogP contribution in [0.3, 0.4) is 0 Å².